The number of likely N-dealkylation sites (N-methyl/N-ethyl adjacent to an activating group) is 2. The molecule has 4 N–H and O–H groups in total. The summed E-state index contributed by atoms with van der Waals surface area (Å²) >= 11 is 0. The Morgan fingerprint density at radius 2 is 1.84 bits per heavy atom. The zero-order chi connectivity index (χ0) is 32.5. The molecule has 1 saturated heterocycles. The highest BCUT2D eigenvalue weighted by Crippen LogP contribution is 2.35. The van der Waals surface area contributed by atoms with E-state index in [0.29, 0.717) is 48.5 Å². The number of hydrogen-bond acceptors (Lipinski definition) is 10. The average molecular weight is 627 g/mol. The van der Waals surface area contributed by atoms with Crippen LogP contribution in [0.4, 0.5) is 52.2 Å². The number of aromatic nitrogens is 4. The van der Waals surface area contributed by atoms with Crippen molar-refractivity contribution >= 4 is 51.6 Å². The normalized spacial score (nSPS) is 15.1. The number of fused-ring (bicyclic) bond motifs is 1. The van der Waals surface area contributed by atoms with E-state index >= 15 is 0 Å². The van der Waals surface area contributed by atoms with Gasteiger partial charge in [-0.05, 0) is 63.3 Å². The highest BCUT2D eigenvalue weighted by atomic mass is 19.4. The van der Waals surface area contributed by atoms with Crippen LogP contribution < -0.4 is 26.2 Å². The van der Waals surface area contributed by atoms with Gasteiger partial charge >= 0.3 is 6.18 Å². The third-order valence-corrected chi connectivity index (χ3v) is 7.49. The van der Waals surface area contributed by atoms with Crippen molar-refractivity contribution in [1.82, 2.24) is 24.8 Å². The zero-order valence-electron chi connectivity index (χ0n) is 25.3. The van der Waals surface area contributed by atoms with Crippen molar-refractivity contribution < 1.29 is 22.4 Å². The van der Waals surface area contributed by atoms with Crippen LogP contribution in [0.1, 0.15) is 27.9 Å². The first kappa shape index (κ1) is 31.6. The second-order valence-corrected chi connectivity index (χ2v) is 11.3. The van der Waals surface area contributed by atoms with E-state index in [1.165, 1.54) is 12.4 Å². The van der Waals surface area contributed by atoms with E-state index in [1.807, 2.05) is 25.9 Å². The summed E-state index contributed by atoms with van der Waals surface area (Å²) in [6.45, 7) is 3.52. The number of alkyl halides is 4. The highest BCUT2D eigenvalue weighted by molar-refractivity contribution is 6.05. The lowest BCUT2D eigenvalue weighted by atomic mass is 10.1. The van der Waals surface area contributed by atoms with Crippen LogP contribution in [-0.4, -0.2) is 84.2 Å². The summed E-state index contributed by atoms with van der Waals surface area (Å²) in [5.41, 5.74) is 7.69. The van der Waals surface area contributed by atoms with Gasteiger partial charge in [0, 0.05) is 49.3 Å². The number of hydrogen-bond donors (Lipinski definition) is 3. The Kier molecular flexibility index (Phi) is 8.91. The fourth-order valence-corrected chi connectivity index (χ4v) is 4.87. The highest BCUT2D eigenvalue weighted by Gasteiger charge is 2.32. The third-order valence-electron chi connectivity index (χ3n) is 7.49. The van der Waals surface area contributed by atoms with E-state index < -0.39 is 23.8 Å². The molecule has 1 atom stereocenters. The van der Waals surface area contributed by atoms with Crippen molar-refractivity contribution in [2.24, 2.45) is 0 Å². The van der Waals surface area contributed by atoms with Crippen molar-refractivity contribution in [3.05, 3.63) is 59.4 Å². The second kappa shape index (κ2) is 12.7. The van der Waals surface area contributed by atoms with Gasteiger partial charge in [0.2, 0.25) is 5.95 Å². The molecule has 0 saturated carbocycles. The first-order valence-electron chi connectivity index (χ1n) is 14.2. The summed E-state index contributed by atoms with van der Waals surface area (Å²) in [5, 5.41) is 5.79. The fourth-order valence-electron chi connectivity index (χ4n) is 4.87. The van der Waals surface area contributed by atoms with Crippen LogP contribution in [0.5, 0.6) is 0 Å². The molecule has 1 aliphatic heterocycles. The molecule has 1 aliphatic rings. The standard InChI is InChI=1S/C30H34F4N10O/c1-17-5-6-18(28(45)38-21-12-19(30(32,33)34)13-22(14-21)43(4)10-9-42(2)3)11-23(17)39-27-25-24(36-16-37-27)26(35)41-29(40-25)44-8-7-20(31)15-44/h5-6,11-14,16,20H,7-10,15H2,1-4H3,(H,38,45)(H2,35,40,41)(H,36,37,39). The fraction of sp³-hybridized carbons (Fsp3) is 0.367. The summed E-state index contributed by atoms with van der Waals surface area (Å²) in [7, 11) is 5.45. The average Bonchev–Trinajstić information content (AvgIpc) is 3.42. The van der Waals surface area contributed by atoms with Crippen LogP contribution in [0.2, 0.25) is 0 Å². The number of benzene rings is 2. The van der Waals surface area contributed by atoms with E-state index in [1.54, 1.807) is 35.0 Å². The molecule has 1 unspecified atom stereocenters. The maximum absolute atomic E-state index is 13.9. The Balaban J connectivity index is 1.42. The van der Waals surface area contributed by atoms with Crippen LogP contribution in [0.25, 0.3) is 11.0 Å². The van der Waals surface area contributed by atoms with Crippen molar-refractivity contribution in [1.29, 1.82) is 0 Å². The van der Waals surface area contributed by atoms with E-state index in [4.69, 9.17) is 5.73 Å². The van der Waals surface area contributed by atoms with Gasteiger partial charge in [-0.25, -0.2) is 19.3 Å². The smallest absolute Gasteiger partial charge is 0.382 e. The van der Waals surface area contributed by atoms with Crippen LogP contribution in [-0.2, 0) is 6.18 Å². The first-order chi connectivity index (χ1) is 21.3. The lowest BCUT2D eigenvalue weighted by molar-refractivity contribution is -0.137. The van der Waals surface area contributed by atoms with Crippen LogP contribution in [0.15, 0.2) is 42.7 Å². The lowest BCUT2D eigenvalue weighted by Gasteiger charge is -2.23. The predicted octanol–water partition coefficient (Wildman–Crippen LogP) is 4.87. The van der Waals surface area contributed by atoms with Crippen LogP contribution in [0.3, 0.4) is 0 Å². The number of nitrogens with two attached hydrogens (primary N) is 1. The number of rotatable bonds is 9. The summed E-state index contributed by atoms with van der Waals surface area (Å²) in [6.07, 6.45) is -3.93. The number of aryl methyl sites for hydroxylation is 1. The van der Waals surface area contributed by atoms with Gasteiger partial charge in [-0.2, -0.15) is 18.2 Å². The van der Waals surface area contributed by atoms with Crippen LogP contribution in [0, 0.1) is 6.92 Å². The number of amides is 1. The van der Waals surface area contributed by atoms with E-state index in [2.05, 4.69) is 30.6 Å². The molecule has 5 rings (SSSR count). The Morgan fingerprint density at radius 1 is 1.07 bits per heavy atom. The summed E-state index contributed by atoms with van der Waals surface area (Å²) < 4.78 is 55.1. The molecule has 0 spiro atoms. The van der Waals surface area contributed by atoms with Gasteiger partial charge in [-0.15, -0.1) is 0 Å². The first-order valence-corrected chi connectivity index (χ1v) is 14.2. The quantitative estimate of drug-likeness (QED) is 0.221. The number of carbonyl (C=O) groups is 1. The van der Waals surface area contributed by atoms with Gasteiger partial charge in [-0.3, -0.25) is 4.79 Å². The maximum atomic E-state index is 13.9. The molecule has 0 aliphatic carbocycles. The zero-order valence-corrected chi connectivity index (χ0v) is 25.3. The molecule has 15 heteroatoms. The summed E-state index contributed by atoms with van der Waals surface area (Å²) in [6, 6.07) is 8.33. The number of anilines is 6. The minimum atomic E-state index is -4.60. The molecular weight excluding hydrogens is 592 g/mol. The number of carbonyl (C=O) groups excluding carboxylic acids is 1. The molecule has 2 aromatic carbocycles. The summed E-state index contributed by atoms with van der Waals surface area (Å²) in [5.74, 6) is 0.0573. The van der Waals surface area contributed by atoms with E-state index in [9.17, 15) is 22.4 Å². The molecule has 11 nitrogen and oxygen atoms in total. The molecular formula is C30H34F4N10O. The van der Waals surface area contributed by atoms with Crippen molar-refractivity contribution in [3.8, 4) is 0 Å². The van der Waals surface area contributed by atoms with Gasteiger partial charge in [0.25, 0.3) is 5.91 Å². The van der Waals surface area contributed by atoms with Gasteiger partial charge in [0.15, 0.2) is 11.6 Å². The SMILES string of the molecule is Cc1ccc(C(=O)Nc2cc(N(C)CCN(C)C)cc(C(F)(F)F)c2)cc1Nc1ncnc2c(N)nc(N3CCC(F)C3)nc12. The van der Waals surface area contributed by atoms with Crippen molar-refractivity contribution in [2.75, 3.05) is 73.5 Å². The van der Waals surface area contributed by atoms with Gasteiger partial charge < -0.3 is 31.1 Å². The van der Waals surface area contributed by atoms with Gasteiger partial charge in [-0.1, -0.05) is 6.07 Å². The monoisotopic (exact) mass is 626 g/mol. The summed E-state index contributed by atoms with van der Waals surface area (Å²) in [4.78, 5) is 36.0. The molecule has 0 radical (unpaired) electrons. The molecule has 1 fully saturated rings. The number of halogens is 4. The van der Waals surface area contributed by atoms with E-state index in [-0.39, 0.29) is 35.4 Å². The lowest BCUT2D eigenvalue weighted by Crippen LogP contribution is -2.28. The topological polar surface area (TPSA) is 128 Å². The predicted molar refractivity (Wildman–Crippen MR) is 167 cm³/mol. The second-order valence-electron chi connectivity index (χ2n) is 11.3. The number of nitrogens with one attached hydrogen (secondary N) is 2. The molecule has 45 heavy (non-hydrogen) atoms. The number of nitrogen functional groups attached to an aromatic ring is 1. The Bertz CT molecular complexity index is 1710. The molecule has 0 bridgehead atoms. The van der Waals surface area contributed by atoms with Gasteiger partial charge in [0.05, 0.1) is 12.1 Å². The Morgan fingerprint density at radius 3 is 2.53 bits per heavy atom. The van der Waals surface area contributed by atoms with Gasteiger partial charge in [0.1, 0.15) is 23.5 Å². The maximum Gasteiger partial charge on any atom is 0.416 e. The minimum Gasteiger partial charge on any atom is -0.382 e. The molecule has 4 aromatic rings. The Hall–Kier alpha value is -4.79. The van der Waals surface area contributed by atoms with Crippen molar-refractivity contribution in [2.45, 2.75) is 25.7 Å². The molecule has 238 valence electrons. The largest absolute Gasteiger partial charge is 0.416 e. The molecule has 1 amide bonds. The Labute approximate surface area is 257 Å². The minimum absolute atomic E-state index is 0.00976. The molecule has 2 aromatic heterocycles. The number of nitrogens with zero attached hydrogens (tertiary/aromatic N) is 7. The van der Waals surface area contributed by atoms with Crippen LogP contribution >= 0.6 is 0 Å². The van der Waals surface area contributed by atoms with Crippen molar-refractivity contribution in [3.63, 3.8) is 0 Å². The third kappa shape index (κ3) is 7.30. The van der Waals surface area contributed by atoms with E-state index in [0.717, 1.165) is 17.7 Å². The molecule has 3 heterocycles.